The first-order valence-electron chi connectivity index (χ1n) is 10.8. The maximum atomic E-state index is 14.3. The Morgan fingerprint density at radius 3 is 2.54 bits per heavy atom. The number of aliphatic hydroxyl groups is 1. The third-order valence-electron chi connectivity index (χ3n) is 6.10. The van der Waals surface area contributed by atoms with Crippen LogP contribution in [0.2, 0.25) is 0 Å². The van der Waals surface area contributed by atoms with E-state index in [1.165, 1.54) is 18.0 Å². The van der Waals surface area contributed by atoms with Crippen LogP contribution in [0.1, 0.15) is 27.8 Å². The Hall–Kier alpha value is -3.70. The summed E-state index contributed by atoms with van der Waals surface area (Å²) in [7, 11) is 1.52. The van der Waals surface area contributed by atoms with Gasteiger partial charge in [-0.2, -0.15) is 0 Å². The molecule has 1 amide bonds. The number of aromatic amines is 1. The maximum absolute atomic E-state index is 14.3. The highest BCUT2D eigenvalue weighted by Gasteiger charge is 2.32. The zero-order valence-corrected chi connectivity index (χ0v) is 18.5. The van der Waals surface area contributed by atoms with E-state index in [1.807, 2.05) is 0 Å². The molecule has 4 aromatic rings. The lowest BCUT2D eigenvalue weighted by Gasteiger charge is -2.34. The zero-order valence-electron chi connectivity index (χ0n) is 18.5. The lowest BCUT2D eigenvalue weighted by molar-refractivity contribution is 0.0334. The summed E-state index contributed by atoms with van der Waals surface area (Å²) < 4.78 is 61.3. The molecule has 0 bridgehead atoms. The van der Waals surface area contributed by atoms with Gasteiger partial charge in [-0.25, -0.2) is 22.5 Å². The van der Waals surface area contributed by atoms with Crippen LogP contribution in [0.5, 0.6) is 0 Å². The number of nitrogens with zero attached hydrogens (tertiary/aromatic N) is 2. The number of ether oxygens (including phenoxy) is 1. The molecule has 0 spiro atoms. The van der Waals surface area contributed by atoms with Crippen LogP contribution in [-0.2, 0) is 11.3 Å². The van der Waals surface area contributed by atoms with Gasteiger partial charge in [0.1, 0.15) is 11.5 Å². The molecule has 1 aliphatic heterocycles. The van der Waals surface area contributed by atoms with Crippen LogP contribution < -0.4 is 5.32 Å². The molecular weight excluding hydrogens is 468 g/mol. The molecule has 2 aromatic heterocycles. The Morgan fingerprint density at radius 1 is 1.11 bits per heavy atom. The van der Waals surface area contributed by atoms with Crippen molar-refractivity contribution >= 4 is 33.4 Å². The molecular formula is C24H20F4N4O3. The smallest absolute Gasteiger partial charge is 0.270 e. The third kappa shape index (κ3) is 3.96. The second kappa shape index (κ2) is 8.82. The topological polar surface area (TPSA) is 90.5 Å². The second-order valence-corrected chi connectivity index (χ2v) is 8.27. The summed E-state index contributed by atoms with van der Waals surface area (Å²) in [6.07, 6.45) is 0. The monoisotopic (exact) mass is 488 g/mol. The van der Waals surface area contributed by atoms with Gasteiger partial charge in [0, 0.05) is 41.5 Å². The zero-order chi connectivity index (χ0) is 24.9. The van der Waals surface area contributed by atoms with Gasteiger partial charge in [0.2, 0.25) is 0 Å². The Labute approximate surface area is 196 Å². The van der Waals surface area contributed by atoms with Gasteiger partial charge in [-0.15, -0.1) is 0 Å². The number of halogens is 4. The molecule has 0 saturated carbocycles. The summed E-state index contributed by atoms with van der Waals surface area (Å²) in [6.45, 7) is 0.0994. The van der Waals surface area contributed by atoms with Gasteiger partial charge >= 0.3 is 0 Å². The van der Waals surface area contributed by atoms with Crippen LogP contribution >= 0.6 is 0 Å². The van der Waals surface area contributed by atoms with Crippen LogP contribution in [0.4, 0.5) is 23.4 Å². The Bertz CT molecular complexity index is 1430. The number of nitrogens with one attached hydrogen (secondary N) is 2. The average Bonchev–Trinajstić information content (AvgIpc) is 3.25. The summed E-state index contributed by atoms with van der Waals surface area (Å²) in [5.41, 5.74) is 1.28. The molecule has 1 unspecified atom stereocenters. The lowest BCUT2D eigenvalue weighted by atomic mass is 9.94. The number of amides is 1. The summed E-state index contributed by atoms with van der Waals surface area (Å²) in [4.78, 5) is 22.0. The first-order chi connectivity index (χ1) is 16.8. The minimum absolute atomic E-state index is 0.0674. The Balaban J connectivity index is 1.59. The normalized spacial score (nSPS) is 15.4. The van der Waals surface area contributed by atoms with Crippen molar-refractivity contribution in [2.24, 2.45) is 0 Å². The average molecular weight is 488 g/mol. The van der Waals surface area contributed by atoms with E-state index in [2.05, 4.69) is 15.3 Å². The summed E-state index contributed by atoms with van der Waals surface area (Å²) in [6, 6.07) is 4.74. The van der Waals surface area contributed by atoms with Gasteiger partial charge in [0.15, 0.2) is 23.3 Å². The molecule has 1 aliphatic rings. The van der Waals surface area contributed by atoms with Crippen LogP contribution in [0.15, 0.2) is 30.3 Å². The molecule has 2 aromatic carbocycles. The SMILES string of the molecule is CN(C(=O)c1cc2cc(F)c(F)cc2[nH]1)C1COCc2nc(NCCO)c3cc(F)c(F)cc3c21. The summed E-state index contributed by atoms with van der Waals surface area (Å²) >= 11 is 0. The number of benzene rings is 2. The number of aromatic nitrogens is 2. The summed E-state index contributed by atoms with van der Waals surface area (Å²) in [5.74, 6) is -4.43. The highest BCUT2D eigenvalue weighted by atomic mass is 19.2. The Morgan fingerprint density at radius 2 is 1.80 bits per heavy atom. The highest BCUT2D eigenvalue weighted by molar-refractivity contribution is 5.99. The molecule has 35 heavy (non-hydrogen) atoms. The van der Waals surface area contributed by atoms with Crippen molar-refractivity contribution < 1.29 is 32.2 Å². The van der Waals surface area contributed by atoms with Crippen LogP contribution in [0.25, 0.3) is 21.7 Å². The predicted molar refractivity (Wildman–Crippen MR) is 120 cm³/mol. The molecule has 0 radical (unpaired) electrons. The van der Waals surface area contributed by atoms with E-state index in [9.17, 15) is 22.4 Å². The number of likely N-dealkylation sites (N-methyl/N-ethyl adjacent to an activating group) is 1. The van der Waals surface area contributed by atoms with Crippen molar-refractivity contribution in [2.75, 3.05) is 32.1 Å². The van der Waals surface area contributed by atoms with Gasteiger partial charge in [-0.05, 0) is 29.7 Å². The third-order valence-corrected chi connectivity index (χ3v) is 6.10. The number of pyridine rings is 1. The van der Waals surface area contributed by atoms with Crippen molar-refractivity contribution in [1.82, 2.24) is 14.9 Å². The van der Waals surface area contributed by atoms with E-state index in [0.717, 1.165) is 24.3 Å². The van der Waals surface area contributed by atoms with Crippen LogP contribution in [0.3, 0.4) is 0 Å². The number of fused-ring (bicyclic) bond motifs is 4. The number of hydrogen-bond donors (Lipinski definition) is 3. The number of hydrogen-bond acceptors (Lipinski definition) is 5. The van der Waals surface area contributed by atoms with Gasteiger partial charge < -0.3 is 25.0 Å². The number of H-pyrrole nitrogens is 1. The molecule has 11 heteroatoms. The molecule has 5 rings (SSSR count). The maximum Gasteiger partial charge on any atom is 0.270 e. The number of anilines is 1. The molecule has 0 aliphatic carbocycles. The van der Waals surface area contributed by atoms with Gasteiger partial charge in [0.05, 0.1) is 31.6 Å². The summed E-state index contributed by atoms with van der Waals surface area (Å²) in [5, 5.41) is 13.0. The largest absolute Gasteiger partial charge is 0.395 e. The standard InChI is InChI=1S/C24H20F4N4O3/c1-32(24(34)19-5-11-4-14(25)17(28)8-18(11)30-19)21-10-35-9-20-22(21)12-6-15(26)16(27)7-13(12)23(31-20)29-2-3-33/h4-8,21,30,33H,2-3,9-10H2,1H3,(H,29,31). The Kier molecular flexibility index (Phi) is 5.81. The van der Waals surface area contributed by atoms with E-state index >= 15 is 0 Å². The van der Waals surface area contributed by atoms with Crippen molar-refractivity contribution in [1.29, 1.82) is 0 Å². The molecule has 1 atom stereocenters. The predicted octanol–water partition coefficient (Wildman–Crippen LogP) is 4.02. The van der Waals surface area contributed by atoms with Crippen molar-refractivity contribution in [2.45, 2.75) is 12.6 Å². The minimum atomic E-state index is -1.06. The van der Waals surface area contributed by atoms with E-state index in [0.29, 0.717) is 27.4 Å². The molecule has 3 N–H and O–H groups in total. The lowest BCUT2D eigenvalue weighted by Crippen LogP contribution is -2.37. The fourth-order valence-corrected chi connectivity index (χ4v) is 4.40. The second-order valence-electron chi connectivity index (χ2n) is 8.27. The van der Waals surface area contributed by atoms with E-state index in [1.54, 1.807) is 0 Å². The van der Waals surface area contributed by atoms with E-state index in [4.69, 9.17) is 9.84 Å². The molecule has 182 valence electrons. The molecule has 0 fully saturated rings. The quantitative estimate of drug-likeness (QED) is 0.369. The minimum Gasteiger partial charge on any atom is -0.395 e. The van der Waals surface area contributed by atoms with Gasteiger partial charge in [-0.3, -0.25) is 4.79 Å². The highest BCUT2D eigenvalue weighted by Crippen LogP contribution is 2.38. The van der Waals surface area contributed by atoms with Gasteiger partial charge in [0.25, 0.3) is 5.91 Å². The number of carbonyl (C=O) groups excluding carboxylic acids is 1. The molecule has 3 heterocycles. The van der Waals surface area contributed by atoms with Crippen molar-refractivity contribution in [3.05, 3.63) is 70.6 Å². The number of aliphatic hydroxyl groups excluding tert-OH is 1. The first kappa shape index (κ1) is 23.1. The van der Waals surface area contributed by atoms with Crippen molar-refractivity contribution in [3.8, 4) is 0 Å². The molecule has 0 saturated heterocycles. The number of rotatable bonds is 5. The molecule has 7 nitrogen and oxygen atoms in total. The van der Waals surface area contributed by atoms with Crippen molar-refractivity contribution in [3.63, 3.8) is 0 Å². The van der Waals surface area contributed by atoms with Gasteiger partial charge in [-0.1, -0.05) is 0 Å². The fraction of sp³-hybridized carbons (Fsp3) is 0.250. The van der Waals surface area contributed by atoms with E-state index < -0.39 is 35.2 Å². The number of carbonyl (C=O) groups is 1. The van der Waals surface area contributed by atoms with Crippen LogP contribution in [0, 0.1) is 23.3 Å². The fourth-order valence-electron chi connectivity index (χ4n) is 4.40. The van der Waals surface area contributed by atoms with Crippen LogP contribution in [-0.4, -0.2) is 52.7 Å². The first-order valence-corrected chi connectivity index (χ1v) is 10.8. The van der Waals surface area contributed by atoms with E-state index in [-0.39, 0.29) is 43.4 Å².